The monoisotopic (exact) mass is 472 g/mol. The number of carbonyl (C=O) groups excluding carboxylic acids is 1. The van der Waals surface area contributed by atoms with Crippen molar-refractivity contribution in [2.24, 2.45) is 16.8 Å². The Hall–Kier alpha value is -2.84. The molecule has 0 aliphatic carbocycles. The summed E-state index contributed by atoms with van der Waals surface area (Å²) >= 11 is 0. The zero-order valence-corrected chi connectivity index (χ0v) is 18.9. The summed E-state index contributed by atoms with van der Waals surface area (Å²) < 4.78 is 33.7. The van der Waals surface area contributed by atoms with E-state index in [1.165, 1.54) is 24.3 Å². The molecule has 9 heteroatoms. The SMILES string of the molecule is [N-]=[N+]=N[C@H](C(=O)Cc1cccc(F)c1CC[C@H](N)CO)[C@@H](c1ccc(F)cc1)C1CCOCC1. The molecular formula is C25H30F2N4O3. The van der Waals surface area contributed by atoms with Gasteiger partial charge in [0.15, 0.2) is 0 Å². The standard InChI is InChI=1S/C25H30F2N4O3/c26-19-6-4-16(5-7-19)24(17-10-12-34-13-11-17)25(30-31-29)23(33)14-18-2-1-3-22(27)21(18)9-8-20(28)15-32/h1-7,17,20,24-25,32H,8-15,28H2/t20-,24-,25+/m0/s1. The van der Waals surface area contributed by atoms with Crippen LogP contribution in [0.3, 0.4) is 0 Å². The number of nitrogens with two attached hydrogens (primary N) is 1. The third kappa shape index (κ3) is 6.61. The molecule has 0 radical (unpaired) electrons. The van der Waals surface area contributed by atoms with Gasteiger partial charge in [0.25, 0.3) is 0 Å². The topological polar surface area (TPSA) is 121 Å². The molecule has 2 aromatic carbocycles. The number of halogens is 2. The smallest absolute Gasteiger partial charge is 0.146 e. The first kappa shape index (κ1) is 25.8. The van der Waals surface area contributed by atoms with E-state index >= 15 is 0 Å². The van der Waals surface area contributed by atoms with E-state index in [1.54, 1.807) is 18.2 Å². The van der Waals surface area contributed by atoms with E-state index in [9.17, 15) is 24.2 Å². The molecular weight excluding hydrogens is 442 g/mol. The van der Waals surface area contributed by atoms with Crippen molar-refractivity contribution in [2.75, 3.05) is 19.8 Å². The quantitative estimate of drug-likeness (QED) is 0.289. The number of ether oxygens (including phenoxy) is 1. The largest absolute Gasteiger partial charge is 0.395 e. The van der Waals surface area contributed by atoms with E-state index in [-0.39, 0.29) is 31.1 Å². The van der Waals surface area contributed by atoms with Crippen LogP contribution in [0.2, 0.25) is 0 Å². The third-order valence-corrected chi connectivity index (χ3v) is 6.46. The number of azide groups is 1. The maximum absolute atomic E-state index is 14.6. The molecule has 0 amide bonds. The number of nitrogens with zero attached hydrogens (tertiary/aromatic N) is 3. The van der Waals surface area contributed by atoms with Crippen LogP contribution < -0.4 is 5.73 Å². The second-order valence-corrected chi connectivity index (χ2v) is 8.68. The van der Waals surface area contributed by atoms with E-state index in [0.29, 0.717) is 49.2 Å². The number of hydrogen-bond acceptors (Lipinski definition) is 5. The van der Waals surface area contributed by atoms with Gasteiger partial charge >= 0.3 is 0 Å². The summed E-state index contributed by atoms with van der Waals surface area (Å²) in [5.74, 6) is -1.63. The van der Waals surface area contributed by atoms with Gasteiger partial charge < -0.3 is 15.6 Å². The van der Waals surface area contributed by atoms with Crippen molar-refractivity contribution in [3.63, 3.8) is 0 Å². The van der Waals surface area contributed by atoms with Gasteiger partial charge in [-0.3, -0.25) is 4.79 Å². The van der Waals surface area contributed by atoms with Gasteiger partial charge in [-0.15, -0.1) is 0 Å². The summed E-state index contributed by atoms with van der Waals surface area (Å²) in [5.41, 5.74) is 16.6. The highest BCUT2D eigenvalue weighted by Gasteiger charge is 2.36. The zero-order chi connectivity index (χ0) is 24.5. The molecule has 1 heterocycles. The lowest BCUT2D eigenvalue weighted by atomic mass is 9.75. The number of hydrogen-bond donors (Lipinski definition) is 2. The van der Waals surface area contributed by atoms with Crippen molar-refractivity contribution in [1.82, 2.24) is 0 Å². The van der Waals surface area contributed by atoms with Crippen LogP contribution in [0.15, 0.2) is 47.6 Å². The maximum Gasteiger partial charge on any atom is 0.146 e. The molecule has 3 atom stereocenters. The molecule has 0 saturated carbocycles. The second kappa shape index (κ2) is 12.6. The van der Waals surface area contributed by atoms with Gasteiger partial charge in [0.2, 0.25) is 0 Å². The van der Waals surface area contributed by atoms with Crippen molar-refractivity contribution in [3.8, 4) is 0 Å². The van der Waals surface area contributed by atoms with E-state index in [0.717, 1.165) is 0 Å². The molecule has 0 bridgehead atoms. The van der Waals surface area contributed by atoms with Crippen molar-refractivity contribution in [2.45, 2.75) is 50.1 Å². The summed E-state index contributed by atoms with van der Waals surface area (Å²) in [6.45, 7) is 0.837. The highest BCUT2D eigenvalue weighted by molar-refractivity contribution is 5.87. The average Bonchev–Trinajstić information content (AvgIpc) is 2.85. The summed E-state index contributed by atoms with van der Waals surface area (Å²) in [7, 11) is 0. The normalized spacial score (nSPS) is 16.9. The number of carbonyl (C=O) groups is 1. The third-order valence-electron chi connectivity index (χ3n) is 6.46. The summed E-state index contributed by atoms with van der Waals surface area (Å²) in [6.07, 6.45) is 1.86. The molecule has 0 unspecified atom stereocenters. The molecule has 182 valence electrons. The minimum Gasteiger partial charge on any atom is -0.395 e. The first-order valence-electron chi connectivity index (χ1n) is 11.5. The van der Waals surface area contributed by atoms with Crippen molar-refractivity contribution in [3.05, 3.63) is 81.2 Å². The summed E-state index contributed by atoms with van der Waals surface area (Å²) in [6, 6.07) is 8.90. The molecule has 3 rings (SSSR count). The van der Waals surface area contributed by atoms with E-state index in [2.05, 4.69) is 10.0 Å². The van der Waals surface area contributed by atoms with E-state index in [4.69, 9.17) is 10.5 Å². The van der Waals surface area contributed by atoms with Gasteiger partial charge in [0.1, 0.15) is 23.5 Å². The molecule has 0 spiro atoms. The molecule has 3 N–H and O–H groups in total. The van der Waals surface area contributed by atoms with Gasteiger partial charge in [-0.05, 0) is 72.0 Å². The molecule has 1 fully saturated rings. The van der Waals surface area contributed by atoms with E-state index in [1.807, 2.05) is 0 Å². The second-order valence-electron chi connectivity index (χ2n) is 8.68. The van der Waals surface area contributed by atoms with E-state index < -0.39 is 29.6 Å². The predicted molar refractivity (Wildman–Crippen MR) is 124 cm³/mol. The van der Waals surface area contributed by atoms with Crippen LogP contribution in [0.25, 0.3) is 10.4 Å². The molecule has 0 aromatic heterocycles. The van der Waals surface area contributed by atoms with Crippen LogP contribution in [0.1, 0.15) is 41.9 Å². The average molecular weight is 473 g/mol. The Morgan fingerprint density at radius 3 is 2.56 bits per heavy atom. The number of rotatable bonds is 11. The number of aliphatic hydroxyl groups is 1. The van der Waals surface area contributed by atoms with Crippen molar-refractivity contribution in [1.29, 1.82) is 0 Å². The maximum atomic E-state index is 14.6. The molecule has 1 saturated heterocycles. The van der Waals surface area contributed by atoms with Crippen LogP contribution in [0.5, 0.6) is 0 Å². The fraction of sp³-hybridized carbons (Fsp3) is 0.480. The molecule has 34 heavy (non-hydrogen) atoms. The highest BCUT2D eigenvalue weighted by Crippen LogP contribution is 2.37. The fourth-order valence-electron chi connectivity index (χ4n) is 4.63. The lowest BCUT2D eigenvalue weighted by Crippen LogP contribution is -2.35. The Labute approximate surface area is 197 Å². The highest BCUT2D eigenvalue weighted by atomic mass is 19.1. The number of ketones is 1. The van der Waals surface area contributed by atoms with Crippen LogP contribution in [-0.4, -0.2) is 42.8 Å². The Bertz CT molecular complexity index is 1010. The van der Waals surface area contributed by atoms with Gasteiger partial charge in [-0.1, -0.05) is 29.4 Å². The Balaban J connectivity index is 1.92. The molecule has 7 nitrogen and oxygen atoms in total. The Kier molecular flexibility index (Phi) is 9.53. The van der Waals surface area contributed by atoms with Gasteiger partial charge in [0.05, 0.1) is 6.61 Å². The van der Waals surface area contributed by atoms with Crippen LogP contribution in [0, 0.1) is 17.6 Å². The Morgan fingerprint density at radius 2 is 1.91 bits per heavy atom. The van der Waals surface area contributed by atoms with Crippen molar-refractivity contribution >= 4 is 5.78 Å². The van der Waals surface area contributed by atoms with Gasteiger partial charge in [-0.25, -0.2) is 8.78 Å². The fourth-order valence-corrected chi connectivity index (χ4v) is 4.63. The van der Waals surface area contributed by atoms with Gasteiger partial charge in [-0.2, -0.15) is 0 Å². The molecule has 2 aromatic rings. The first-order chi connectivity index (χ1) is 16.4. The lowest BCUT2D eigenvalue weighted by molar-refractivity contribution is -0.120. The van der Waals surface area contributed by atoms with Crippen molar-refractivity contribution < 1.29 is 23.4 Å². The molecule has 1 aliphatic heterocycles. The summed E-state index contributed by atoms with van der Waals surface area (Å²) in [4.78, 5) is 16.5. The van der Waals surface area contributed by atoms with Crippen LogP contribution in [0.4, 0.5) is 8.78 Å². The lowest BCUT2D eigenvalue weighted by Gasteiger charge is -2.34. The minimum atomic E-state index is -1.03. The number of Topliss-reactive ketones (excluding diaryl/α,β-unsaturated/α-hetero) is 1. The van der Waals surface area contributed by atoms with Crippen LogP contribution in [-0.2, 0) is 22.4 Å². The first-order valence-corrected chi connectivity index (χ1v) is 11.5. The molecule has 1 aliphatic rings. The number of benzene rings is 2. The minimum absolute atomic E-state index is 0.00759. The van der Waals surface area contributed by atoms with Crippen LogP contribution >= 0.6 is 0 Å². The zero-order valence-electron chi connectivity index (χ0n) is 18.9. The predicted octanol–water partition coefficient (Wildman–Crippen LogP) is 4.22. The number of aliphatic hydroxyl groups excluding tert-OH is 1. The summed E-state index contributed by atoms with van der Waals surface area (Å²) in [5, 5.41) is 13.1. The Morgan fingerprint density at radius 1 is 1.21 bits per heavy atom. The van der Waals surface area contributed by atoms with Gasteiger partial charge in [0, 0.05) is 36.5 Å².